The zero-order valence-corrected chi connectivity index (χ0v) is 20.3. The molecule has 7 heteroatoms. The zero-order valence-electron chi connectivity index (χ0n) is 18.8. The van der Waals surface area contributed by atoms with Crippen molar-refractivity contribution in [1.82, 2.24) is 0 Å². The van der Waals surface area contributed by atoms with Crippen LogP contribution >= 0.6 is 23.2 Å². The summed E-state index contributed by atoms with van der Waals surface area (Å²) in [6, 6.07) is 10.8. The molecule has 0 bridgehead atoms. The lowest BCUT2D eigenvalue weighted by Gasteiger charge is -2.36. The summed E-state index contributed by atoms with van der Waals surface area (Å²) >= 11 is 12.5. The third kappa shape index (κ3) is 4.12. The molecule has 5 rings (SSSR count). The molecule has 0 fully saturated rings. The predicted molar refractivity (Wildman–Crippen MR) is 129 cm³/mol. The van der Waals surface area contributed by atoms with Gasteiger partial charge in [-0.3, -0.25) is 9.59 Å². The molecule has 3 aliphatic rings. The average molecular weight is 499 g/mol. The molecule has 0 unspecified atom stereocenters. The van der Waals surface area contributed by atoms with Crippen LogP contribution in [-0.4, -0.2) is 18.7 Å². The van der Waals surface area contributed by atoms with Crippen LogP contribution in [0.2, 0.25) is 10.0 Å². The fourth-order valence-electron chi connectivity index (χ4n) is 4.95. The number of carbonyl (C=O) groups excluding carboxylic acids is 2. The van der Waals surface area contributed by atoms with Crippen LogP contribution < -0.4 is 9.47 Å². The molecule has 176 valence electrons. The quantitative estimate of drug-likeness (QED) is 0.458. The highest BCUT2D eigenvalue weighted by Gasteiger charge is 2.41. The fourth-order valence-corrected chi connectivity index (χ4v) is 5.46. The summed E-state index contributed by atoms with van der Waals surface area (Å²) in [5, 5.41) is 1.05. The Morgan fingerprint density at radius 1 is 0.882 bits per heavy atom. The van der Waals surface area contributed by atoms with E-state index in [9.17, 15) is 9.59 Å². The van der Waals surface area contributed by atoms with Crippen LogP contribution in [0.5, 0.6) is 11.5 Å². The van der Waals surface area contributed by atoms with Gasteiger partial charge < -0.3 is 14.2 Å². The largest absolute Gasteiger partial charge is 0.493 e. The highest BCUT2D eigenvalue weighted by Crippen LogP contribution is 2.48. The van der Waals surface area contributed by atoms with Gasteiger partial charge in [-0.05, 0) is 42.7 Å². The van der Waals surface area contributed by atoms with Crippen molar-refractivity contribution in [2.24, 2.45) is 0 Å². The summed E-state index contributed by atoms with van der Waals surface area (Å²) in [6.45, 7) is 0.174. The normalized spacial score (nSPS) is 18.4. The Kier molecular flexibility index (Phi) is 6.41. The van der Waals surface area contributed by atoms with Gasteiger partial charge in [0, 0.05) is 58.4 Å². The lowest BCUT2D eigenvalue weighted by molar-refractivity contribution is -0.117. The first kappa shape index (κ1) is 23.0. The van der Waals surface area contributed by atoms with Crippen molar-refractivity contribution in [3.63, 3.8) is 0 Å². The number of hydrogen-bond acceptors (Lipinski definition) is 5. The van der Waals surface area contributed by atoms with Gasteiger partial charge in [0.25, 0.3) is 0 Å². The third-order valence-electron chi connectivity index (χ3n) is 6.60. The molecule has 1 heterocycles. The Hall–Kier alpha value is -2.76. The van der Waals surface area contributed by atoms with Crippen LogP contribution in [0.1, 0.15) is 55.6 Å². The van der Waals surface area contributed by atoms with E-state index >= 15 is 0 Å². The third-order valence-corrected chi connectivity index (χ3v) is 7.30. The van der Waals surface area contributed by atoms with Crippen LogP contribution in [0.25, 0.3) is 0 Å². The standard InChI is InChI=1S/C27H24Cl2O5/c1-32-24-13-15(11-12-21(24)33-14-16-17(28)5-2-6-18(16)29)25-26-19(30)7-3-9-22(26)34-23-10-4-8-20(31)27(23)25/h2,5-6,11-13,25H,3-4,7-10,14H2,1H3. The van der Waals surface area contributed by atoms with E-state index in [1.807, 2.05) is 12.1 Å². The molecule has 0 atom stereocenters. The van der Waals surface area contributed by atoms with E-state index < -0.39 is 5.92 Å². The molecule has 2 aliphatic carbocycles. The molecule has 5 nitrogen and oxygen atoms in total. The summed E-state index contributed by atoms with van der Waals surface area (Å²) in [5.41, 5.74) is 2.72. The van der Waals surface area contributed by atoms with Gasteiger partial charge in [-0.2, -0.15) is 0 Å². The Bertz CT molecular complexity index is 1180. The summed E-state index contributed by atoms with van der Waals surface area (Å²) in [7, 11) is 1.56. The van der Waals surface area contributed by atoms with Crippen molar-refractivity contribution in [2.75, 3.05) is 7.11 Å². The second-order valence-electron chi connectivity index (χ2n) is 8.66. The number of rotatable bonds is 5. The number of halogens is 2. The molecule has 0 spiro atoms. The van der Waals surface area contributed by atoms with Gasteiger partial charge in [0.15, 0.2) is 23.1 Å². The topological polar surface area (TPSA) is 61.8 Å². The van der Waals surface area contributed by atoms with E-state index in [2.05, 4.69) is 0 Å². The molecule has 2 aromatic rings. The van der Waals surface area contributed by atoms with Gasteiger partial charge in [-0.25, -0.2) is 0 Å². The second-order valence-corrected chi connectivity index (χ2v) is 9.48. The van der Waals surface area contributed by atoms with E-state index in [-0.39, 0.29) is 18.2 Å². The van der Waals surface area contributed by atoms with Gasteiger partial charge in [0.05, 0.1) is 7.11 Å². The van der Waals surface area contributed by atoms with E-state index in [1.54, 1.807) is 31.4 Å². The molecule has 0 radical (unpaired) electrons. The number of ketones is 2. The minimum absolute atomic E-state index is 0.0452. The van der Waals surface area contributed by atoms with Crippen molar-refractivity contribution >= 4 is 34.8 Å². The van der Waals surface area contributed by atoms with Gasteiger partial charge in [0.1, 0.15) is 18.1 Å². The maximum Gasteiger partial charge on any atom is 0.163 e. The van der Waals surface area contributed by atoms with Crippen LogP contribution in [0.15, 0.2) is 59.1 Å². The van der Waals surface area contributed by atoms with Crippen molar-refractivity contribution in [1.29, 1.82) is 0 Å². The number of ether oxygens (including phenoxy) is 3. The first-order valence-electron chi connectivity index (χ1n) is 11.4. The summed E-state index contributed by atoms with van der Waals surface area (Å²) in [5.74, 6) is 2.09. The second kappa shape index (κ2) is 9.47. The van der Waals surface area contributed by atoms with E-state index in [0.717, 1.165) is 18.4 Å². The first-order chi connectivity index (χ1) is 16.5. The number of Topliss-reactive ketones (excluding diaryl/α,β-unsaturated/α-hetero) is 2. The molecule has 34 heavy (non-hydrogen) atoms. The van der Waals surface area contributed by atoms with Crippen LogP contribution in [-0.2, 0) is 20.9 Å². The highest BCUT2D eigenvalue weighted by atomic mass is 35.5. The number of allylic oxidation sites excluding steroid dienone is 4. The Morgan fingerprint density at radius 3 is 2.09 bits per heavy atom. The minimum atomic E-state index is -0.444. The molecular formula is C27H24Cl2O5. The molecule has 0 aromatic heterocycles. The first-order valence-corrected chi connectivity index (χ1v) is 12.2. The molecule has 0 amide bonds. The number of methoxy groups -OCH3 is 1. The molecule has 1 aliphatic heterocycles. The van der Waals surface area contributed by atoms with Crippen molar-refractivity contribution in [3.8, 4) is 11.5 Å². The maximum absolute atomic E-state index is 13.0. The fraction of sp³-hybridized carbons (Fsp3) is 0.333. The van der Waals surface area contributed by atoms with Gasteiger partial charge in [-0.15, -0.1) is 0 Å². The summed E-state index contributed by atoms with van der Waals surface area (Å²) in [6.07, 6.45) is 3.88. The number of benzene rings is 2. The van der Waals surface area contributed by atoms with Crippen molar-refractivity contribution < 1.29 is 23.8 Å². The minimum Gasteiger partial charge on any atom is -0.493 e. The SMILES string of the molecule is COc1cc(C2C3=C(CCCC3=O)OC3=C2C(=O)CCC3)ccc1OCc1c(Cl)cccc1Cl. The van der Waals surface area contributed by atoms with Crippen LogP contribution in [0.3, 0.4) is 0 Å². The smallest absolute Gasteiger partial charge is 0.163 e. The number of hydrogen-bond donors (Lipinski definition) is 0. The molecular weight excluding hydrogens is 475 g/mol. The summed E-state index contributed by atoms with van der Waals surface area (Å²) < 4.78 is 17.7. The van der Waals surface area contributed by atoms with E-state index in [1.165, 1.54) is 0 Å². The monoisotopic (exact) mass is 498 g/mol. The van der Waals surface area contributed by atoms with Gasteiger partial charge in [0.2, 0.25) is 0 Å². The van der Waals surface area contributed by atoms with Crippen LogP contribution in [0.4, 0.5) is 0 Å². The summed E-state index contributed by atoms with van der Waals surface area (Å²) in [4.78, 5) is 26.0. The maximum atomic E-state index is 13.0. The zero-order chi connectivity index (χ0) is 23.8. The predicted octanol–water partition coefficient (Wildman–Crippen LogP) is 6.71. The molecule has 0 saturated carbocycles. The van der Waals surface area contributed by atoms with Gasteiger partial charge >= 0.3 is 0 Å². The Labute approximate surface area is 208 Å². The Balaban J connectivity index is 1.52. The lowest BCUT2D eigenvalue weighted by Crippen LogP contribution is -2.30. The van der Waals surface area contributed by atoms with Crippen LogP contribution in [0, 0.1) is 0 Å². The Morgan fingerprint density at radius 2 is 1.50 bits per heavy atom. The lowest BCUT2D eigenvalue weighted by atomic mass is 9.73. The average Bonchev–Trinajstić information content (AvgIpc) is 2.83. The number of carbonyl (C=O) groups is 2. The van der Waals surface area contributed by atoms with E-state index in [4.69, 9.17) is 37.4 Å². The van der Waals surface area contributed by atoms with Crippen molar-refractivity contribution in [2.45, 2.75) is 51.0 Å². The molecule has 2 aromatic carbocycles. The van der Waals surface area contributed by atoms with Gasteiger partial charge in [-0.1, -0.05) is 35.3 Å². The molecule has 0 N–H and O–H groups in total. The van der Waals surface area contributed by atoms with Crippen molar-refractivity contribution in [3.05, 3.63) is 80.2 Å². The molecule has 0 saturated heterocycles. The van der Waals surface area contributed by atoms with E-state index in [0.29, 0.717) is 75.5 Å². The highest BCUT2D eigenvalue weighted by molar-refractivity contribution is 6.35.